The Hall–Kier alpha value is -4.91. The van der Waals surface area contributed by atoms with E-state index in [1.807, 2.05) is 78.9 Å². The summed E-state index contributed by atoms with van der Waals surface area (Å²) in [6.45, 7) is 6.56. The Morgan fingerprint density at radius 1 is 0.788 bits per heavy atom. The molecule has 1 aliphatic carbocycles. The van der Waals surface area contributed by atoms with Gasteiger partial charge in [0.15, 0.2) is 0 Å². The average Bonchev–Trinajstić information content (AvgIpc) is 3.13. The lowest BCUT2D eigenvalue weighted by atomic mass is 9.83. The van der Waals surface area contributed by atoms with Crippen LogP contribution < -0.4 is 10.1 Å². The summed E-state index contributed by atoms with van der Waals surface area (Å²) in [6, 6.07) is 31.6. The fourth-order valence-electron chi connectivity index (χ4n) is 7.60. The largest absolute Gasteiger partial charge is 0.462 e. The van der Waals surface area contributed by atoms with E-state index in [0.29, 0.717) is 18.8 Å². The number of ether oxygens (including phenoxy) is 3. The maximum atomic E-state index is 13.9. The molecule has 1 heterocycles. The Bertz CT molecular complexity index is 1790. The molecule has 6 rings (SSSR count). The van der Waals surface area contributed by atoms with Crippen molar-refractivity contribution in [3.63, 3.8) is 0 Å². The van der Waals surface area contributed by atoms with E-state index >= 15 is 0 Å². The molecule has 4 aromatic carbocycles. The van der Waals surface area contributed by atoms with Crippen LogP contribution in [0.3, 0.4) is 0 Å². The fourth-order valence-corrected chi connectivity index (χ4v) is 7.60. The zero-order valence-corrected chi connectivity index (χ0v) is 30.7. The molecule has 4 aromatic rings. The first kappa shape index (κ1) is 36.9. The molecule has 1 fully saturated rings. The molecule has 7 heteroatoms. The van der Waals surface area contributed by atoms with Gasteiger partial charge < -0.3 is 19.5 Å². The quantitative estimate of drug-likeness (QED) is 0.110. The summed E-state index contributed by atoms with van der Waals surface area (Å²) in [5.74, 6) is 0.723. The van der Waals surface area contributed by atoms with E-state index in [9.17, 15) is 14.4 Å². The summed E-state index contributed by atoms with van der Waals surface area (Å²) < 4.78 is 17.5. The minimum Gasteiger partial charge on any atom is -0.462 e. The first-order chi connectivity index (χ1) is 25.1. The third kappa shape index (κ3) is 9.90. The Kier molecular flexibility index (Phi) is 12.1. The predicted molar refractivity (Wildman–Crippen MR) is 203 cm³/mol. The van der Waals surface area contributed by atoms with Crippen molar-refractivity contribution < 1.29 is 28.6 Å². The number of esters is 2. The van der Waals surface area contributed by atoms with Gasteiger partial charge in [-0.15, -0.1) is 0 Å². The highest BCUT2D eigenvalue weighted by Crippen LogP contribution is 2.45. The Labute approximate surface area is 308 Å². The van der Waals surface area contributed by atoms with Crippen LogP contribution in [0, 0.1) is 5.92 Å². The molecular weight excluding hydrogens is 650 g/mol. The van der Waals surface area contributed by atoms with Gasteiger partial charge in [0, 0.05) is 29.2 Å². The molecule has 7 nitrogen and oxygen atoms in total. The third-order valence-corrected chi connectivity index (χ3v) is 10.3. The molecule has 1 amide bonds. The smallest absolute Gasteiger partial charge is 0.317 e. The van der Waals surface area contributed by atoms with E-state index in [-0.39, 0.29) is 36.4 Å². The van der Waals surface area contributed by atoms with Crippen LogP contribution in [0.1, 0.15) is 112 Å². The molecule has 0 unspecified atom stereocenters. The minimum atomic E-state index is -0.587. The van der Waals surface area contributed by atoms with E-state index in [2.05, 4.69) is 44.3 Å². The number of anilines is 1. The van der Waals surface area contributed by atoms with Crippen LogP contribution in [0.5, 0.6) is 11.5 Å². The molecule has 0 spiro atoms. The number of aryl methyl sites for hydroxylation is 1. The second-order valence-electron chi connectivity index (χ2n) is 15.3. The number of hydrogen-bond acceptors (Lipinski definition) is 6. The van der Waals surface area contributed by atoms with Gasteiger partial charge >= 0.3 is 11.9 Å². The van der Waals surface area contributed by atoms with Gasteiger partial charge in [0.2, 0.25) is 5.91 Å². The number of amides is 1. The van der Waals surface area contributed by atoms with Gasteiger partial charge in [0.1, 0.15) is 30.6 Å². The molecule has 0 bridgehead atoms. The normalized spacial score (nSPS) is 15.1. The summed E-state index contributed by atoms with van der Waals surface area (Å²) in [4.78, 5) is 39.4. The summed E-state index contributed by atoms with van der Waals surface area (Å²) >= 11 is 0. The maximum absolute atomic E-state index is 13.9. The van der Waals surface area contributed by atoms with Crippen molar-refractivity contribution in [1.82, 2.24) is 0 Å². The first-order valence-electron chi connectivity index (χ1n) is 18.8. The average molecular weight is 702 g/mol. The highest BCUT2D eigenvalue weighted by Gasteiger charge is 2.30. The zero-order valence-electron chi connectivity index (χ0n) is 30.7. The number of carbonyl (C=O) groups excluding carboxylic acids is 3. The van der Waals surface area contributed by atoms with Crippen molar-refractivity contribution in [2.75, 3.05) is 5.32 Å². The monoisotopic (exact) mass is 701 g/mol. The second kappa shape index (κ2) is 17.1. The first-order valence-corrected chi connectivity index (χ1v) is 18.8. The van der Waals surface area contributed by atoms with Gasteiger partial charge in [-0.05, 0) is 65.5 Å². The number of carbonyl (C=O) groups is 3. The zero-order chi connectivity index (χ0) is 36.5. The molecule has 1 atom stereocenters. The molecule has 0 radical (unpaired) electrons. The summed E-state index contributed by atoms with van der Waals surface area (Å²) in [5.41, 5.74) is 5.58. The minimum absolute atomic E-state index is 0.0672. The van der Waals surface area contributed by atoms with Gasteiger partial charge in [0.05, 0.1) is 0 Å². The van der Waals surface area contributed by atoms with Crippen molar-refractivity contribution in [3.8, 4) is 11.5 Å². The van der Waals surface area contributed by atoms with Crippen molar-refractivity contribution in [1.29, 1.82) is 0 Å². The Morgan fingerprint density at radius 2 is 1.44 bits per heavy atom. The summed E-state index contributed by atoms with van der Waals surface area (Å²) in [7, 11) is 0. The van der Waals surface area contributed by atoms with Gasteiger partial charge in [-0.3, -0.25) is 14.4 Å². The lowest BCUT2D eigenvalue weighted by molar-refractivity contribution is -0.159. The SMILES string of the molecule is CC(C)(C)c1ccc(CC[C@@H](CC2CCCCC2)OC(=O)CC(=O)OCc2ccccc2)cc1NC(=O)CC1c2ccccc2Oc2ccccc21. The van der Waals surface area contributed by atoms with Crippen LogP contribution in [-0.2, 0) is 42.3 Å². The number of rotatable bonds is 13. The van der Waals surface area contributed by atoms with Crippen molar-refractivity contribution >= 4 is 23.5 Å². The number of hydrogen-bond donors (Lipinski definition) is 1. The third-order valence-electron chi connectivity index (χ3n) is 10.3. The predicted octanol–water partition coefficient (Wildman–Crippen LogP) is 10.2. The van der Waals surface area contributed by atoms with Crippen LogP contribution in [0.2, 0.25) is 0 Å². The highest BCUT2D eigenvalue weighted by atomic mass is 16.6. The molecular formula is C45H51NO6. The van der Waals surface area contributed by atoms with Crippen LogP contribution >= 0.6 is 0 Å². The fraction of sp³-hybridized carbons (Fsp3) is 0.400. The van der Waals surface area contributed by atoms with E-state index in [1.165, 1.54) is 19.3 Å². The Morgan fingerprint density at radius 3 is 2.12 bits per heavy atom. The standard InChI is InChI=1S/C45H51NO6/c1-45(2,3)38-25-23-32(27-39(38)46-42(47)28-37-35-18-10-12-20-40(35)52-41-21-13-11-19-36(37)41)22-24-34(26-31-14-6-4-7-15-31)51-44(49)29-43(48)50-30-33-16-8-5-9-17-33/h5,8-13,16-21,23,25,27,31,34,37H,4,6-7,14-15,22,24,26,28-30H2,1-3H3,(H,46,47)/t34-/m0/s1. The molecule has 2 aliphatic rings. The molecule has 1 saturated carbocycles. The van der Waals surface area contributed by atoms with Gasteiger partial charge in [-0.25, -0.2) is 0 Å². The van der Waals surface area contributed by atoms with Crippen LogP contribution in [0.25, 0.3) is 0 Å². The molecule has 272 valence electrons. The van der Waals surface area contributed by atoms with Crippen molar-refractivity contribution in [2.24, 2.45) is 5.92 Å². The van der Waals surface area contributed by atoms with E-state index < -0.39 is 18.4 Å². The molecule has 52 heavy (non-hydrogen) atoms. The lowest BCUT2D eigenvalue weighted by Crippen LogP contribution is -2.25. The highest BCUT2D eigenvalue weighted by molar-refractivity contribution is 5.93. The second-order valence-corrected chi connectivity index (χ2v) is 15.3. The van der Waals surface area contributed by atoms with Crippen LogP contribution in [0.15, 0.2) is 97.1 Å². The van der Waals surface area contributed by atoms with E-state index in [1.54, 1.807) is 0 Å². The maximum Gasteiger partial charge on any atom is 0.317 e. The number of nitrogens with one attached hydrogen (secondary N) is 1. The van der Waals surface area contributed by atoms with Crippen LogP contribution in [-0.4, -0.2) is 23.9 Å². The molecule has 1 N–H and O–H groups in total. The number of benzene rings is 4. The Balaban J connectivity index is 1.13. The van der Waals surface area contributed by atoms with Crippen molar-refractivity contribution in [2.45, 2.75) is 109 Å². The summed E-state index contributed by atoms with van der Waals surface area (Å²) in [5, 5.41) is 3.28. The molecule has 1 aliphatic heterocycles. The van der Waals surface area contributed by atoms with Gasteiger partial charge in [-0.2, -0.15) is 0 Å². The topological polar surface area (TPSA) is 90.9 Å². The van der Waals surface area contributed by atoms with E-state index in [0.717, 1.165) is 64.3 Å². The number of fused-ring (bicyclic) bond motifs is 2. The molecule has 0 aromatic heterocycles. The number of para-hydroxylation sites is 2. The summed E-state index contributed by atoms with van der Waals surface area (Å²) in [6.07, 6.45) is 7.52. The molecule has 0 saturated heterocycles. The van der Waals surface area contributed by atoms with Gasteiger partial charge in [0.25, 0.3) is 0 Å². The van der Waals surface area contributed by atoms with Gasteiger partial charge in [-0.1, -0.05) is 132 Å². The van der Waals surface area contributed by atoms with Crippen molar-refractivity contribution in [3.05, 3.63) is 125 Å². The lowest BCUT2D eigenvalue weighted by Gasteiger charge is -2.28. The van der Waals surface area contributed by atoms with Crippen LogP contribution in [0.4, 0.5) is 5.69 Å². The van der Waals surface area contributed by atoms with E-state index in [4.69, 9.17) is 14.2 Å².